The molecule has 3 aromatic rings. The van der Waals surface area contributed by atoms with Crippen LogP contribution >= 0.6 is 0 Å². The minimum absolute atomic E-state index is 0.184. The topological polar surface area (TPSA) is 66.2 Å². The molecule has 1 aliphatic rings. The van der Waals surface area contributed by atoms with Crippen molar-refractivity contribution in [2.24, 2.45) is 0 Å². The number of aryl methyl sites for hydroxylation is 1. The standard InChI is InChI=1S/C24H28FN3O2/c25-20-7-3-6-19(15-20)24(10-13-30-14-11-24)17-28-23(29)26-12-4-5-18-16-27-22-9-2-1-8-21(18)22/h1-3,6-9,15-16,27H,4-5,10-14,17H2,(H2,26,28,29). The number of urea groups is 1. The van der Waals surface area contributed by atoms with Crippen LogP contribution in [0.3, 0.4) is 0 Å². The zero-order chi connectivity index (χ0) is 20.8. The molecule has 3 N–H and O–H groups in total. The van der Waals surface area contributed by atoms with Crippen LogP contribution in [-0.4, -0.2) is 37.3 Å². The van der Waals surface area contributed by atoms with Crippen molar-refractivity contribution in [1.82, 2.24) is 15.6 Å². The second kappa shape index (κ2) is 9.30. The maximum Gasteiger partial charge on any atom is 0.314 e. The molecule has 2 amide bonds. The van der Waals surface area contributed by atoms with Crippen molar-refractivity contribution in [3.63, 3.8) is 0 Å². The molecule has 4 rings (SSSR count). The fraction of sp³-hybridized carbons (Fsp3) is 0.375. The van der Waals surface area contributed by atoms with Gasteiger partial charge in [-0.25, -0.2) is 9.18 Å². The molecule has 0 radical (unpaired) electrons. The van der Waals surface area contributed by atoms with E-state index in [-0.39, 0.29) is 17.3 Å². The van der Waals surface area contributed by atoms with Crippen molar-refractivity contribution in [3.05, 3.63) is 71.7 Å². The molecule has 158 valence electrons. The molecule has 0 atom stereocenters. The molecule has 2 aromatic carbocycles. The first-order chi connectivity index (χ1) is 14.7. The van der Waals surface area contributed by atoms with Crippen molar-refractivity contribution < 1.29 is 13.9 Å². The number of nitrogens with one attached hydrogen (secondary N) is 3. The Bertz CT molecular complexity index is 995. The van der Waals surface area contributed by atoms with E-state index in [0.717, 1.165) is 36.8 Å². The van der Waals surface area contributed by atoms with Crippen LogP contribution in [0.2, 0.25) is 0 Å². The zero-order valence-corrected chi connectivity index (χ0v) is 17.0. The molecule has 5 nitrogen and oxygen atoms in total. The Kier molecular flexibility index (Phi) is 6.33. The van der Waals surface area contributed by atoms with Crippen LogP contribution in [0.15, 0.2) is 54.7 Å². The number of aromatic nitrogens is 1. The van der Waals surface area contributed by atoms with E-state index in [2.05, 4.69) is 27.8 Å². The van der Waals surface area contributed by atoms with Crippen LogP contribution in [0.4, 0.5) is 9.18 Å². The van der Waals surface area contributed by atoms with Crippen molar-refractivity contribution in [3.8, 4) is 0 Å². The second-order valence-corrected chi connectivity index (χ2v) is 7.98. The van der Waals surface area contributed by atoms with E-state index >= 15 is 0 Å². The summed E-state index contributed by atoms with van der Waals surface area (Å²) in [5.41, 5.74) is 3.03. The summed E-state index contributed by atoms with van der Waals surface area (Å²) in [5.74, 6) is -0.250. The second-order valence-electron chi connectivity index (χ2n) is 7.98. The molecular weight excluding hydrogens is 381 g/mol. The first-order valence-electron chi connectivity index (χ1n) is 10.6. The summed E-state index contributed by atoms with van der Waals surface area (Å²) in [6, 6.07) is 14.7. The third-order valence-electron chi connectivity index (χ3n) is 6.06. The number of hydrogen-bond acceptors (Lipinski definition) is 2. The number of ether oxygens (including phenoxy) is 1. The number of benzene rings is 2. The quantitative estimate of drug-likeness (QED) is 0.510. The van der Waals surface area contributed by atoms with Gasteiger partial charge >= 0.3 is 6.03 Å². The Hall–Kier alpha value is -2.86. The van der Waals surface area contributed by atoms with Crippen LogP contribution in [0, 0.1) is 5.82 Å². The Morgan fingerprint density at radius 1 is 1.10 bits per heavy atom. The van der Waals surface area contributed by atoms with Crippen molar-refractivity contribution in [1.29, 1.82) is 0 Å². The van der Waals surface area contributed by atoms with Gasteiger partial charge in [0, 0.05) is 48.8 Å². The highest BCUT2D eigenvalue weighted by Crippen LogP contribution is 2.34. The molecule has 1 saturated heterocycles. The molecule has 0 saturated carbocycles. The van der Waals surface area contributed by atoms with Crippen molar-refractivity contribution in [2.45, 2.75) is 31.1 Å². The lowest BCUT2D eigenvalue weighted by molar-refractivity contribution is 0.0506. The van der Waals surface area contributed by atoms with Gasteiger partial charge in [0.25, 0.3) is 0 Å². The number of hydrogen-bond donors (Lipinski definition) is 3. The number of halogens is 1. The van der Waals surface area contributed by atoms with Gasteiger partial charge in [0.1, 0.15) is 5.82 Å². The summed E-state index contributed by atoms with van der Waals surface area (Å²) in [4.78, 5) is 15.6. The number of carbonyl (C=O) groups is 1. The Morgan fingerprint density at radius 2 is 1.93 bits per heavy atom. The molecule has 6 heteroatoms. The number of amides is 2. The van der Waals surface area contributed by atoms with E-state index in [1.807, 2.05) is 24.4 Å². The highest BCUT2D eigenvalue weighted by molar-refractivity contribution is 5.83. The first kappa shape index (κ1) is 20.4. The summed E-state index contributed by atoms with van der Waals surface area (Å²) in [7, 11) is 0. The average Bonchev–Trinajstić information content (AvgIpc) is 3.19. The van der Waals surface area contributed by atoms with Gasteiger partial charge in [-0.3, -0.25) is 0 Å². The van der Waals surface area contributed by atoms with Crippen LogP contribution in [0.1, 0.15) is 30.4 Å². The zero-order valence-electron chi connectivity index (χ0n) is 17.0. The summed E-state index contributed by atoms with van der Waals surface area (Å²) in [6.07, 6.45) is 5.32. The molecule has 2 heterocycles. The molecule has 0 bridgehead atoms. The SMILES string of the molecule is O=C(NCCCc1c[nH]c2ccccc12)NCC1(c2cccc(F)c2)CCOCC1. The third kappa shape index (κ3) is 4.65. The fourth-order valence-electron chi connectivity index (χ4n) is 4.28. The number of carbonyl (C=O) groups excluding carboxylic acids is 1. The molecule has 1 aliphatic heterocycles. The summed E-state index contributed by atoms with van der Waals surface area (Å²) >= 11 is 0. The van der Waals surface area contributed by atoms with Crippen molar-refractivity contribution in [2.75, 3.05) is 26.3 Å². The van der Waals surface area contributed by atoms with Crippen molar-refractivity contribution >= 4 is 16.9 Å². The van der Waals surface area contributed by atoms with Gasteiger partial charge in [0.15, 0.2) is 0 Å². The predicted octanol–water partition coefficient (Wildman–Crippen LogP) is 4.29. The third-order valence-corrected chi connectivity index (χ3v) is 6.06. The van der Waals surface area contributed by atoms with E-state index < -0.39 is 0 Å². The molecule has 30 heavy (non-hydrogen) atoms. The van der Waals surface area contributed by atoms with Crippen LogP contribution in [0.25, 0.3) is 10.9 Å². The highest BCUT2D eigenvalue weighted by atomic mass is 19.1. The lowest BCUT2D eigenvalue weighted by Crippen LogP contribution is -2.47. The van der Waals surface area contributed by atoms with Gasteiger partial charge in [-0.1, -0.05) is 30.3 Å². The summed E-state index contributed by atoms with van der Waals surface area (Å²) < 4.78 is 19.3. The average molecular weight is 410 g/mol. The largest absolute Gasteiger partial charge is 0.381 e. The minimum atomic E-state index is -0.290. The number of rotatable bonds is 7. The van der Waals surface area contributed by atoms with Crippen LogP contribution < -0.4 is 10.6 Å². The normalized spacial score (nSPS) is 15.8. The van der Waals surface area contributed by atoms with Gasteiger partial charge in [0.05, 0.1) is 0 Å². The van der Waals surface area contributed by atoms with Crippen LogP contribution in [-0.2, 0) is 16.6 Å². The van der Waals surface area contributed by atoms with Gasteiger partial charge in [-0.15, -0.1) is 0 Å². The van der Waals surface area contributed by atoms with Gasteiger partial charge < -0.3 is 20.4 Å². The van der Waals surface area contributed by atoms with E-state index in [0.29, 0.717) is 26.3 Å². The van der Waals surface area contributed by atoms with Gasteiger partial charge in [-0.2, -0.15) is 0 Å². The first-order valence-corrected chi connectivity index (χ1v) is 10.6. The molecule has 0 unspecified atom stereocenters. The lowest BCUT2D eigenvalue weighted by Gasteiger charge is -2.38. The van der Waals surface area contributed by atoms with E-state index in [9.17, 15) is 9.18 Å². The number of H-pyrrole nitrogens is 1. The number of para-hydroxylation sites is 1. The lowest BCUT2D eigenvalue weighted by atomic mass is 9.74. The molecule has 1 aromatic heterocycles. The monoisotopic (exact) mass is 409 g/mol. The number of fused-ring (bicyclic) bond motifs is 1. The number of aromatic amines is 1. The van der Waals surface area contributed by atoms with Gasteiger partial charge in [0.2, 0.25) is 0 Å². The Morgan fingerprint density at radius 3 is 2.77 bits per heavy atom. The molecule has 0 spiro atoms. The molecule has 1 fully saturated rings. The van der Waals surface area contributed by atoms with Gasteiger partial charge in [-0.05, 0) is 55.0 Å². The summed E-state index contributed by atoms with van der Waals surface area (Å²) in [5, 5.41) is 7.18. The van der Waals surface area contributed by atoms with E-state index in [1.165, 1.54) is 17.0 Å². The maximum atomic E-state index is 13.8. The highest BCUT2D eigenvalue weighted by Gasteiger charge is 2.35. The Balaban J connectivity index is 1.28. The van der Waals surface area contributed by atoms with Crippen LogP contribution in [0.5, 0.6) is 0 Å². The smallest absolute Gasteiger partial charge is 0.314 e. The fourth-order valence-corrected chi connectivity index (χ4v) is 4.28. The Labute approximate surface area is 176 Å². The molecular formula is C24H28FN3O2. The van der Waals surface area contributed by atoms with E-state index in [1.54, 1.807) is 12.1 Å². The van der Waals surface area contributed by atoms with E-state index in [4.69, 9.17) is 4.74 Å². The molecule has 0 aliphatic carbocycles. The summed E-state index contributed by atoms with van der Waals surface area (Å²) in [6.45, 7) is 2.30. The minimum Gasteiger partial charge on any atom is -0.381 e. The maximum absolute atomic E-state index is 13.8. The predicted molar refractivity (Wildman–Crippen MR) is 116 cm³/mol.